The van der Waals surface area contributed by atoms with Crippen molar-refractivity contribution in [2.45, 2.75) is 0 Å². The van der Waals surface area contributed by atoms with Gasteiger partial charge in [-0.1, -0.05) is 0 Å². The van der Waals surface area contributed by atoms with E-state index in [-0.39, 0.29) is 54.6 Å². The van der Waals surface area contributed by atoms with Gasteiger partial charge in [-0.2, -0.15) is 8.11 Å². The molecule has 4 radical (unpaired) electrons. The predicted molar refractivity (Wildman–Crippen MR) is 23.1 cm³/mol. The van der Waals surface area contributed by atoms with Crippen molar-refractivity contribution < 1.29 is 14.4 Å². The first-order valence-corrected chi connectivity index (χ1v) is 3.54. The molecule has 0 aromatic carbocycles. The van der Waals surface area contributed by atoms with Gasteiger partial charge in [0, 0.05) is 0 Å². The molecule has 0 spiro atoms. The van der Waals surface area contributed by atoms with Crippen LogP contribution in [0.2, 0.25) is 0 Å². The molecule has 7 heavy (non-hydrogen) atoms. The summed E-state index contributed by atoms with van der Waals surface area (Å²) in [7, 11) is -4.89. The number of hydrogen-bond acceptors (Lipinski definition) is 3. The first-order chi connectivity index (χ1) is 2.00. The van der Waals surface area contributed by atoms with Gasteiger partial charge < -0.3 is 14.4 Å². The molecule has 0 unspecified atom stereocenters. The molecule has 0 aliphatic carbocycles. The van der Waals surface area contributed by atoms with Gasteiger partial charge in [0.2, 0.25) is 0 Å². The molecule has 0 aliphatic heterocycles. The summed E-state index contributed by atoms with van der Waals surface area (Å²) in [5.74, 6) is 0. The third-order valence-corrected chi connectivity index (χ3v) is 0. The van der Waals surface area contributed by atoms with Crippen LogP contribution in [0.4, 0.5) is 0 Å². The smallest absolute Gasteiger partial charge is 0.870 e. The second-order valence-electron chi connectivity index (χ2n) is 0.481. The van der Waals surface area contributed by atoms with Gasteiger partial charge in [-0.05, 0) is 0 Å². The SMILES string of the molecule is [O-][Si]([O-])([O-])Cl.[Pb+2].[Pb+2]. The van der Waals surface area contributed by atoms with Crippen LogP contribution in [0.25, 0.3) is 0 Å². The molecule has 7 heteroatoms. The summed E-state index contributed by atoms with van der Waals surface area (Å²) in [4.78, 5) is 26.7. The fraction of sp³-hybridized carbons (Fsp3) is 0. The van der Waals surface area contributed by atoms with E-state index in [0.717, 1.165) is 0 Å². The summed E-state index contributed by atoms with van der Waals surface area (Å²) >= 11 is 4.00. The quantitative estimate of drug-likeness (QED) is 0.239. The van der Waals surface area contributed by atoms with Crippen molar-refractivity contribution in [1.29, 1.82) is 0 Å². The second kappa shape index (κ2) is 6.35. The topological polar surface area (TPSA) is 69.2 Å². The van der Waals surface area contributed by atoms with E-state index in [1.807, 2.05) is 0 Å². The molecule has 36 valence electrons. The van der Waals surface area contributed by atoms with Gasteiger partial charge in [0.1, 0.15) is 0 Å². The largest absolute Gasteiger partial charge is 2.00 e. The number of rotatable bonds is 0. The second-order valence-corrected chi connectivity index (χ2v) is 2.83. The van der Waals surface area contributed by atoms with Gasteiger partial charge in [0.05, 0.1) is 0 Å². The minimum atomic E-state index is -4.89. The zero-order valence-corrected chi connectivity index (χ0v) is 12.6. The van der Waals surface area contributed by atoms with E-state index in [4.69, 9.17) is 14.4 Å². The van der Waals surface area contributed by atoms with E-state index < -0.39 is 8.11 Å². The maximum Gasteiger partial charge on any atom is 2.00 e. The van der Waals surface area contributed by atoms with Crippen molar-refractivity contribution in [3.05, 3.63) is 0 Å². The van der Waals surface area contributed by atoms with Crippen LogP contribution in [0.1, 0.15) is 0 Å². The van der Waals surface area contributed by atoms with Crippen LogP contribution >= 0.6 is 11.1 Å². The summed E-state index contributed by atoms with van der Waals surface area (Å²) in [6.45, 7) is 0. The standard InChI is InChI=1S/ClO3Si.2Pb/c1-5(2,3)4;;/q-3;2*+2. The summed E-state index contributed by atoms with van der Waals surface area (Å²) in [6, 6.07) is 0. The molecule has 3 nitrogen and oxygen atoms in total. The minimum Gasteiger partial charge on any atom is -0.870 e. The maximum absolute atomic E-state index is 8.90. The van der Waals surface area contributed by atoms with Crippen LogP contribution < -0.4 is 14.4 Å². The summed E-state index contributed by atoms with van der Waals surface area (Å²) in [6.07, 6.45) is 0. The van der Waals surface area contributed by atoms with Crippen LogP contribution in [0, 0.1) is 0 Å². The zero-order chi connectivity index (χ0) is 4.50. The predicted octanol–water partition coefficient (Wildman–Crippen LogP) is -4.02. The Morgan fingerprint density at radius 2 is 1.00 bits per heavy atom. The average Bonchev–Trinajstić information content (AvgIpc) is 0.722. The monoisotopic (exact) mass is 527 g/mol. The average molecular weight is 526 g/mol. The maximum atomic E-state index is 8.90. The van der Waals surface area contributed by atoms with Gasteiger partial charge >= 0.3 is 54.6 Å². The van der Waals surface area contributed by atoms with E-state index in [1.54, 1.807) is 0 Å². The molecule has 0 atom stereocenters. The van der Waals surface area contributed by atoms with Crippen molar-refractivity contribution in [3.63, 3.8) is 0 Å². The van der Waals surface area contributed by atoms with Crippen LogP contribution in [0.5, 0.6) is 0 Å². The van der Waals surface area contributed by atoms with E-state index in [1.165, 1.54) is 0 Å². The molecule has 0 saturated heterocycles. The molecule has 0 aliphatic rings. The van der Waals surface area contributed by atoms with Crippen molar-refractivity contribution in [1.82, 2.24) is 0 Å². The Bertz CT molecular complexity index is 28.4. The summed E-state index contributed by atoms with van der Waals surface area (Å²) in [5, 5.41) is 0. The zero-order valence-electron chi connectivity index (χ0n) is 3.10. The Morgan fingerprint density at radius 3 is 1.00 bits per heavy atom. The van der Waals surface area contributed by atoms with Crippen LogP contribution in [0.15, 0.2) is 0 Å². The third kappa shape index (κ3) is 64.2. The molecule has 0 bridgehead atoms. The van der Waals surface area contributed by atoms with E-state index in [2.05, 4.69) is 11.1 Å². The first kappa shape index (κ1) is 16.1. The van der Waals surface area contributed by atoms with Crippen molar-refractivity contribution >= 4 is 73.8 Å². The Labute approximate surface area is 87.1 Å². The van der Waals surface area contributed by atoms with E-state index >= 15 is 0 Å². The van der Waals surface area contributed by atoms with Crippen molar-refractivity contribution in [3.8, 4) is 0 Å². The van der Waals surface area contributed by atoms with Gasteiger partial charge in [-0.3, -0.25) is 0 Å². The number of halogens is 1. The fourth-order valence-corrected chi connectivity index (χ4v) is 0. The normalized spacial score (nSPS) is 8.57. The Morgan fingerprint density at radius 1 is 1.00 bits per heavy atom. The molecule has 0 aromatic heterocycles. The minimum absolute atomic E-state index is 0. The molecule has 0 fully saturated rings. The third-order valence-electron chi connectivity index (χ3n) is 0. The van der Waals surface area contributed by atoms with Gasteiger partial charge in [-0.25, -0.2) is 11.1 Å². The van der Waals surface area contributed by atoms with Crippen molar-refractivity contribution in [2.24, 2.45) is 0 Å². The van der Waals surface area contributed by atoms with Crippen molar-refractivity contribution in [2.75, 3.05) is 0 Å². The van der Waals surface area contributed by atoms with Crippen LogP contribution in [-0.4, -0.2) is 62.7 Å². The van der Waals surface area contributed by atoms with Crippen LogP contribution in [0.3, 0.4) is 0 Å². The first-order valence-electron chi connectivity index (χ1n) is 0.801. The Kier molecular flexibility index (Phi) is 14.6. The Hall–Kier alpha value is 2.23. The van der Waals surface area contributed by atoms with Crippen LogP contribution in [-0.2, 0) is 0 Å². The summed E-state index contributed by atoms with van der Waals surface area (Å²) in [5.41, 5.74) is 0. The molecule has 0 heterocycles. The van der Waals surface area contributed by atoms with Gasteiger partial charge in [-0.15, -0.1) is 0 Å². The van der Waals surface area contributed by atoms with E-state index in [0.29, 0.717) is 0 Å². The van der Waals surface area contributed by atoms with Gasteiger partial charge in [0.25, 0.3) is 0 Å². The summed E-state index contributed by atoms with van der Waals surface area (Å²) < 4.78 is 0. The molecular formula is ClO3Pb2Si+. The molecule has 0 N–H and O–H groups in total. The van der Waals surface area contributed by atoms with Gasteiger partial charge in [0.15, 0.2) is 0 Å². The number of hydrogen-bond donors (Lipinski definition) is 0. The Balaban J connectivity index is -0.0000000800. The molecular weight excluding hydrogens is 526 g/mol. The molecule has 0 amide bonds. The molecule has 0 aromatic rings. The van der Waals surface area contributed by atoms with E-state index in [9.17, 15) is 0 Å². The fourth-order valence-electron chi connectivity index (χ4n) is 0. The molecule has 0 rings (SSSR count). The molecule has 0 saturated carbocycles.